The molecule has 0 fully saturated rings. The molecule has 18 heavy (non-hydrogen) atoms. The minimum atomic E-state index is 0.0681. The average Bonchev–Trinajstić information content (AvgIpc) is 2.95. The molecule has 5 heteroatoms. The first kappa shape index (κ1) is 11.9. The Labute approximate surface area is 110 Å². The monoisotopic (exact) mass is 263 g/mol. The third-order valence-corrected chi connectivity index (χ3v) is 4.33. The first-order chi connectivity index (χ1) is 8.74. The Bertz CT molecular complexity index is 532. The normalized spacial score (nSPS) is 20.7. The molecule has 2 unspecified atom stereocenters. The molecule has 0 saturated heterocycles. The second-order valence-electron chi connectivity index (χ2n) is 4.97. The molecule has 0 aliphatic heterocycles. The van der Waals surface area contributed by atoms with Gasteiger partial charge in [0.25, 0.3) is 0 Å². The van der Waals surface area contributed by atoms with Crippen LogP contribution in [0, 0.1) is 0 Å². The highest BCUT2D eigenvalue weighted by Crippen LogP contribution is 2.38. The molecular weight excluding hydrogens is 246 g/mol. The number of thiophene rings is 1. The molecule has 0 bridgehead atoms. The summed E-state index contributed by atoms with van der Waals surface area (Å²) in [6.45, 7) is 1.95. The van der Waals surface area contributed by atoms with Crippen LogP contribution >= 0.6 is 11.3 Å². The summed E-state index contributed by atoms with van der Waals surface area (Å²) in [6, 6.07) is 2.26. The van der Waals surface area contributed by atoms with Crippen molar-refractivity contribution in [1.82, 2.24) is 10.1 Å². The van der Waals surface area contributed by atoms with E-state index in [0.717, 1.165) is 18.1 Å². The molecule has 2 aromatic heterocycles. The van der Waals surface area contributed by atoms with E-state index in [1.807, 2.05) is 18.3 Å². The molecule has 1 aliphatic carbocycles. The zero-order chi connectivity index (χ0) is 12.5. The van der Waals surface area contributed by atoms with Crippen LogP contribution < -0.4 is 5.73 Å². The van der Waals surface area contributed by atoms with Gasteiger partial charge in [0.15, 0.2) is 5.82 Å². The lowest BCUT2D eigenvalue weighted by Gasteiger charge is -2.18. The zero-order valence-electron chi connectivity index (χ0n) is 10.4. The van der Waals surface area contributed by atoms with E-state index in [1.54, 1.807) is 0 Å². The molecule has 0 spiro atoms. The first-order valence-electron chi connectivity index (χ1n) is 6.38. The van der Waals surface area contributed by atoms with Gasteiger partial charge >= 0.3 is 0 Å². The molecule has 0 amide bonds. The van der Waals surface area contributed by atoms with Crippen LogP contribution in [0.3, 0.4) is 0 Å². The van der Waals surface area contributed by atoms with Crippen molar-refractivity contribution in [2.24, 2.45) is 5.73 Å². The van der Waals surface area contributed by atoms with Crippen molar-refractivity contribution < 1.29 is 4.52 Å². The summed E-state index contributed by atoms with van der Waals surface area (Å²) in [6.07, 6.45) is 4.16. The van der Waals surface area contributed by atoms with Crippen molar-refractivity contribution in [2.45, 2.75) is 44.6 Å². The first-order valence-corrected chi connectivity index (χ1v) is 7.26. The molecule has 4 nitrogen and oxygen atoms in total. The van der Waals surface area contributed by atoms with Crippen LogP contribution in [0.1, 0.15) is 47.8 Å². The molecule has 2 heterocycles. The minimum Gasteiger partial charge on any atom is -0.339 e. The molecule has 2 N–H and O–H groups in total. The Balaban J connectivity index is 1.86. The largest absolute Gasteiger partial charge is 0.339 e. The third kappa shape index (κ3) is 2.20. The molecule has 0 saturated carbocycles. The van der Waals surface area contributed by atoms with Gasteiger partial charge in [-0.1, -0.05) is 5.16 Å². The lowest BCUT2D eigenvalue weighted by Crippen LogP contribution is -2.18. The number of aromatic nitrogens is 2. The van der Waals surface area contributed by atoms with Gasteiger partial charge in [0, 0.05) is 17.3 Å². The molecule has 2 atom stereocenters. The standard InChI is InChI=1S/C13H17N3OS/c1-8(14)7-12-15-13(17-16-12)10-3-2-4-11-9(10)5-6-18-11/h5-6,8,10H,2-4,7,14H2,1H3. The summed E-state index contributed by atoms with van der Waals surface area (Å²) in [7, 11) is 0. The van der Waals surface area contributed by atoms with Gasteiger partial charge in [-0.2, -0.15) is 4.98 Å². The molecule has 0 aromatic carbocycles. The molecule has 1 aliphatic rings. The Morgan fingerprint density at radius 3 is 3.33 bits per heavy atom. The van der Waals surface area contributed by atoms with E-state index < -0.39 is 0 Å². The van der Waals surface area contributed by atoms with Gasteiger partial charge in [0.05, 0.1) is 5.92 Å². The predicted octanol–water partition coefficient (Wildman–Crippen LogP) is 2.49. The van der Waals surface area contributed by atoms with Crippen molar-refractivity contribution >= 4 is 11.3 Å². The maximum Gasteiger partial charge on any atom is 0.234 e. The van der Waals surface area contributed by atoms with Crippen molar-refractivity contribution in [1.29, 1.82) is 0 Å². The number of aryl methyl sites for hydroxylation is 1. The van der Waals surface area contributed by atoms with Crippen LogP contribution in [0.5, 0.6) is 0 Å². The predicted molar refractivity (Wildman–Crippen MR) is 70.8 cm³/mol. The smallest absolute Gasteiger partial charge is 0.234 e. The van der Waals surface area contributed by atoms with Gasteiger partial charge in [-0.3, -0.25) is 0 Å². The van der Waals surface area contributed by atoms with Crippen LogP contribution in [-0.4, -0.2) is 16.2 Å². The Kier molecular flexibility index (Phi) is 3.18. The highest BCUT2D eigenvalue weighted by molar-refractivity contribution is 7.10. The summed E-state index contributed by atoms with van der Waals surface area (Å²) < 4.78 is 5.42. The van der Waals surface area contributed by atoms with E-state index in [2.05, 4.69) is 21.6 Å². The molecule has 0 radical (unpaired) electrons. The van der Waals surface area contributed by atoms with Crippen LogP contribution in [0.15, 0.2) is 16.0 Å². The van der Waals surface area contributed by atoms with Gasteiger partial charge in [-0.25, -0.2) is 0 Å². The Morgan fingerprint density at radius 2 is 2.50 bits per heavy atom. The van der Waals surface area contributed by atoms with E-state index in [0.29, 0.717) is 6.42 Å². The van der Waals surface area contributed by atoms with Gasteiger partial charge in [0.2, 0.25) is 5.89 Å². The van der Waals surface area contributed by atoms with E-state index >= 15 is 0 Å². The van der Waals surface area contributed by atoms with Crippen LogP contribution in [0.2, 0.25) is 0 Å². The third-order valence-electron chi connectivity index (χ3n) is 3.34. The number of fused-ring (bicyclic) bond motifs is 1. The van der Waals surface area contributed by atoms with E-state index in [4.69, 9.17) is 10.3 Å². The van der Waals surface area contributed by atoms with E-state index in [1.165, 1.54) is 23.3 Å². The fourth-order valence-electron chi connectivity index (χ4n) is 2.52. The number of hydrogen-bond acceptors (Lipinski definition) is 5. The van der Waals surface area contributed by atoms with E-state index in [9.17, 15) is 0 Å². The van der Waals surface area contributed by atoms with Crippen LogP contribution in [0.25, 0.3) is 0 Å². The number of nitrogens with zero attached hydrogens (tertiary/aromatic N) is 2. The second-order valence-corrected chi connectivity index (χ2v) is 5.97. The van der Waals surface area contributed by atoms with Crippen molar-refractivity contribution in [3.63, 3.8) is 0 Å². The fourth-order valence-corrected chi connectivity index (χ4v) is 3.51. The lowest BCUT2D eigenvalue weighted by molar-refractivity contribution is 0.350. The molecule has 3 rings (SSSR count). The molecular formula is C13H17N3OS. The van der Waals surface area contributed by atoms with Gasteiger partial charge < -0.3 is 10.3 Å². The molecule has 2 aromatic rings. The number of nitrogens with two attached hydrogens (primary N) is 1. The van der Waals surface area contributed by atoms with Gasteiger partial charge in [0.1, 0.15) is 0 Å². The van der Waals surface area contributed by atoms with Crippen molar-refractivity contribution in [3.05, 3.63) is 33.6 Å². The minimum absolute atomic E-state index is 0.0681. The topological polar surface area (TPSA) is 64.9 Å². The summed E-state index contributed by atoms with van der Waals surface area (Å²) in [5, 5.41) is 6.18. The number of hydrogen-bond donors (Lipinski definition) is 1. The average molecular weight is 263 g/mol. The fraction of sp³-hybridized carbons (Fsp3) is 0.538. The quantitative estimate of drug-likeness (QED) is 0.924. The van der Waals surface area contributed by atoms with Crippen LogP contribution in [-0.2, 0) is 12.8 Å². The zero-order valence-corrected chi connectivity index (χ0v) is 11.2. The highest BCUT2D eigenvalue weighted by atomic mass is 32.1. The van der Waals surface area contributed by atoms with Crippen LogP contribution in [0.4, 0.5) is 0 Å². The lowest BCUT2D eigenvalue weighted by atomic mass is 9.88. The van der Waals surface area contributed by atoms with Crippen molar-refractivity contribution in [3.8, 4) is 0 Å². The SMILES string of the molecule is CC(N)Cc1noc(C2CCCc3sccc32)n1. The second kappa shape index (κ2) is 4.82. The Hall–Kier alpha value is -1.20. The Morgan fingerprint density at radius 1 is 1.61 bits per heavy atom. The molecule has 96 valence electrons. The summed E-state index contributed by atoms with van der Waals surface area (Å²) in [5.74, 6) is 1.77. The number of rotatable bonds is 3. The van der Waals surface area contributed by atoms with E-state index in [-0.39, 0.29) is 12.0 Å². The van der Waals surface area contributed by atoms with Gasteiger partial charge in [-0.15, -0.1) is 11.3 Å². The highest BCUT2D eigenvalue weighted by Gasteiger charge is 2.27. The summed E-state index contributed by atoms with van der Waals surface area (Å²) in [4.78, 5) is 5.97. The maximum absolute atomic E-state index is 5.75. The maximum atomic E-state index is 5.75. The summed E-state index contributed by atoms with van der Waals surface area (Å²) in [5.41, 5.74) is 7.13. The summed E-state index contributed by atoms with van der Waals surface area (Å²) >= 11 is 1.83. The van der Waals surface area contributed by atoms with Gasteiger partial charge in [-0.05, 0) is 43.2 Å². The van der Waals surface area contributed by atoms with Crippen molar-refractivity contribution in [2.75, 3.05) is 0 Å².